The lowest BCUT2D eigenvalue weighted by Gasteiger charge is -2.13. The number of likely N-dealkylation sites (tertiary alicyclic amines) is 1. The number of benzene rings is 1. The van der Waals surface area contributed by atoms with E-state index in [9.17, 15) is 9.59 Å². The van der Waals surface area contributed by atoms with Crippen molar-refractivity contribution >= 4 is 17.9 Å². The minimum absolute atomic E-state index is 0.134. The van der Waals surface area contributed by atoms with Crippen LogP contribution in [0, 0.1) is 5.92 Å². The molecule has 0 aliphatic carbocycles. The van der Waals surface area contributed by atoms with Crippen molar-refractivity contribution in [3.8, 4) is 11.5 Å². The van der Waals surface area contributed by atoms with E-state index in [4.69, 9.17) is 15.2 Å². The Labute approximate surface area is 129 Å². The maximum atomic E-state index is 12.1. The molecule has 0 aromatic heterocycles. The second kappa shape index (κ2) is 6.98. The van der Waals surface area contributed by atoms with E-state index < -0.39 is 0 Å². The number of rotatable bonds is 5. The van der Waals surface area contributed by atoms with Crippen molar-refractivity contribution in [3.63, 3.8) is 0 Å². The molecule has 1 aromatic rings. The van der Waals surface area contributed by atoms with Gasteiger partial charge in [0, 0.05) is 25.2 Å². The number of amides is 2. The molecule has 2 N–H and O–H groups in total. The maximum Gasteiger partial charge on any atom is 0.246 e. The van der Waals surface area contributed by atoms with E-state index in [1.165, 1.54) is 6.08 Å². The molecule has 1 aliphatic rings. The molecule has 6 nitrogen and oxygen atoms in total. The van der Waals surface area contributed by atoms with Gasteiger partial charge in [-0.15, -0.1) is 0 Å². The molecule has 1 aromatic carbocycles. The summed E-state index contributed by atoms with van der Waals surface area (Å²) in [6.45, 7) is 0.943. The van der Waals surface area contributed by atoms with Crippen molar-refractivity contribution in [1.29, 1.82) is 0 Å². The Morgan fingerprint density at radius 3 is 2.36 bits per heavy atom. The molecule has 2 amide bonds. The average Bonchev–Trinajstić information content (AvgIpc) is 3.02. The fourth-order valence-corrected chi connectivity index (χ4v) is 2.39. The zero-order valence-corrected chi connectivity index (χ0v) is 12.7. The first-order valence-corrected chi connectivity index (χ1v) is 7.03. The van der Waals surface area contributed by atoms with Gasteiger partial charge in [0.1, 0.15) is 11.5 Å². The van der Waals surface area contributed by atoms with E-state index in [0.29, 0.717) is 31.0 Å². The molecule has 1 aliphatic heterocycles. The van der Waals surface area contributed by atoms with Gasteiger partial charge in [0.25, 0.3) is 0 Å². The molecule has 1 unspecified atom stereocenters. The van der Waals surface area contributed by atoms with Gasteiger partial charge in [-0.3, -0.25) is 9.59 Å². The number of hydrogen-bond donors (Lipinski definition) is 1. The molecule has 0 bridgehead atoms. The number of carbonyl (C=O) groups excluding carboxylic acids is 2. The average molecular weight is 304 g/mol. The van der Waals surface area contributed by atoms with Crippen molar-refractivity contribution in [1.82, 2.24) is 4.90 Å². The van der Waals surface area contributed by atoms with Crippen molar-refractivity contribution in [3.05, 3.63) is 29.8 Å². The van der Waals surface area contributed by atoms with Crippen molar-refractivity contribution < 1.29 is 19.1 Å². The molecule has 2 rings (SSSR count). The number of methoxy groups -OCH3 is 2. The first-order chi connectivity index (χ1) is 10.5. The van der Waals surface area contributed by atoms with Gasteiger partial charge in [0.05, 0.1) is 20.1 Å². The molecule has 0 radical (unpaired) electrons. The van der Waals surface area contributed by atoms with Crippen molar-refractivity contribution in [2.75, 3.05) is 27.3 Å². The predicted molar refractivity (Wildman–Crippen MR) is 82.5 cm³/mol. The Morgan fingerprint density at radius 1 is 1.23 bits per heavy atom. The highest BCUT2D eigenvalue weighted by atomic mass is 16.5. The third-order valence-electron chi connectivity index (χ3n) is 3.69. The Bertz CT molecular complexity index is 576. The predicted octanol–water partition coefficient (Wildman–Crippen LogP) is 1.05. The summed E-state index contributed by atoms with van der Waals surface area (Å²) < 4.78 is 10.4. The molecule has 0 saturated carbocycles. The summed E-state index contributed by atoms with van der Waals surface area (Å²) in [5.74, 6) is 0.583. The molecule has 1 atom stereocenters. The fourth-order valence-electron chi connectivity index (χ4n) is 2.39. The standard InChI is InChI=1S/C16H20N2O4/c1-21-13-7-11(8-14(9-13)22-2)3-4-15(19)18-6-5-12(10-18)16(17)20/h3-4,7-9,12H,5-6,10H2,1-2H3,(H2,17,20). The lowest BCUT2D eigenvalue weighted by atomic mass is 10.1. The lowest BCUT2D eigenvalue weighted by Crippen LogP contribution is -2.30. The van der Waals surface area contributed by atoms with Crippen LogP contribution < -0.4 is 15.2 Å². The van der Waals surface area contributed by atoms with Gasteiger partial charge in [0.15, 0.2) is 0 Å². The van der Waals surface area contributed by atoms with Gasteiger partial charge in [-0.25, -0.2) is 0 Å². The monoisotopic (exact) mass is 304 g/mol. The third-order valence-corrected chi connectivity index (χ3v) is 3.69. The van der Waals surface area contributed by atoms with Crippen LogP contribution in [0.25, 0.3) is 6.08 Å². The summed E-state index contributed by atoms with van der Waals surface area (Å²) in [5, 5.41) is 0. The van der Waals surface area contributed by atoms with Crippen molar-refractivity contribution in [2.45, 2.75) is 6.42 Å². The van der Waals surface area contributed by atoms with Crippen LogP contribution in [0.3, 0.4) is 0 Å². The first kappa shape index (κ1) is 15.9. The van der Waals surface area contributed by atoms with Crippen LogP contribution in [0.15, 0.2) is 24.3 Å². The summed E-state index contributed by atoms with van der Waals surface area (Å²) >= 11 is 0. The number of primary amides is 1. The van der Waals surface area contributed by atoms with Crippen LogP contribution in [-0.2, 0) is 9.59 Å². The van der Waals surface area contributed by atoms with E-state index in [2.05, 4.69) is 0 Å². The molecule has 118 valence electrons. The Kier molecular flexibility index (Phi) is 5.04. The topological polar surface area (TPSA) is 81.9 Å². The third kappa shape index (κ3) is 3.78. The van der Waals surface area contributed by atoms with E-state index in [-0.39, 0.29) is 17.7 Å². The summed E-state index contributed by atoms with van der Waals surface area (Å²) in [6, 6.07) is 5.38. The maximum absolute atomic E-state index is 12.1. The quantitative estimate of drug-likeness (QED) is 0.824. The molecular formula is C16H20N2O4. The molecule has 6 heteroatoms. The minimum atomic E-state index is -0.350. The highest BCUT2D eigenvalue weighted by Gasteiger charge is 2.28. The van der Waals surface area contributed by atoms with Crippen LogP contribution in [0.1, 0.15) is 12.0 Å². The molecular weight excluding hydrogens is 284 g/mol. The second-order valence-electron chi connectivity index (χ2n) is 5.15. The summed E-state index contributed by atoms with van der Waals surface area (Å²) in [5.41, 5.74) is 6.07. The fraction of sp³-hybridized carbons (Fsp3) is 0.375. The normalized spacial score (nSPS) is 17.7. The highest BCUT2D eigenvalue weighted by Crippen LogP contribution is 2.23. The number of nitrogens with two attached hydrogens (primary N) is 1. The van der Waals surface area contributed by atoms with Crippen LogP contribution in [0.5, 0.6) is 11.5 Å². The summed E-state index contributed by atoms with van der Waals surface area (Å²) in [6.07, 6.45) is 3.81. The van der Waals surface area contributed by atoms with Gasteiger partial charge < -0.3 is 20.1 Å². The Morgan fingerprint density at radius 2 is 1.86 bits per heavy atom. The number of nitrogens with zero attached hydrogens (tertiary/aromatic N) is 1. The van der Waals surface area contributed by atoms with E-state index in [0.717, 1.165) is 5.56 Å². The first-order valence-electron chi connectivity index (χ1n) is 7.03. The molecule has 0 spiro atoms. The molecule has 1 fully saturated rings. The van der Waals surface area contributed by atoms with Crippen LogP contribution in [0.2, 0.25) is 0 Å². The summed E-state index contributed by atoms with van der Waals surface area (Å²) in [4.78, 5) is 24.9. The lowest BCUT2D eigenvalue weighted by molar-refractivity contribution is -0.125. The smallest absolute Gasteiger partial charge is 0.246 e. The van der Waals surface area contributed by atoms with E-state index in [1.54, 1.807) is 31.3 Å². The number of hydrogen-bond acceptors (Lipinski definition) is 4. The van der Waals surface area contributed by atoms with Gasteiger partial charge >= 0.3 is 0 Å². The molecule has 22 heavy (non-hydrogen) atoms. The number of ether oxygens (including phenoxy) is 2. The zero-order chi connectivity index (χ0) is 16.1. The zero-order valence-electron chi connectivity index (χ0n) is 12.7. The van der Waals surface area contributed by atoms with Crippen LogP contribution >= 0.6 is 0 Å². The van der Waals surface area contributed by atoms with E-state index >= 15 is 0 Å². The molecule has 1 saturated heterocycles. The van der Waals surface area contributed by atoms with Crippen LogP contribution in [0.4, 0.5) is 0 Å². The highest BCUT2D eigenvalue weighted by molar-refractivity contribution is 5.92. The Balaban J connectivity index is 2.05. The largest absolute Gasteiger partial charge is 0.497 e. The van der Waals surface area contributed by atoms with Crippen LogP contribution in [-0.4, -0.2) is 44.0 Å². The minimum Gasteiger partial charge on any atom is -0.497 e. The van der Waals surface area contributed by atoms with Gasteiger partial charge in [0.2, 0.25) is 11.8 Å². The van der Waals surface area contributed by atoms with E-state index in [1.807, 2.05) is 12.1 Å². The van der Waals surface area contributed by atoms with Gasteiger partial charge in [-0.2, -0.15) is 0 Å². The van der Waals surface area contributed by atoms with Crippen molar-refractivity contribution in [2.24, 2.45) is 11.7 Å². The van der Waals surface area contributed by atoms with Gasteiger partial charge in [-0.1, -0.05) is 0 Å². The summed E-state index contributed by atoms with van der Waals surface area (Å²) in [7, 11) is 3.14. The molecule has 1 heterocycles. The number of carbonyl (C=O) groups is 2. The SMILES string of the molecule is COc1cc(C=CC(=O)N2CCC(C(N)=O)C2)cc(OC)c1. The Hall–Kier alpha value is -2.50. The van der Waals surface area contributed by atoms with Gasteiger partial charge in [-0.05, 0) is 30.2 Å². The second-order valence-corrected chi connectivity index (χ2v) is 5.15.